The maximum absolute atomic E-state index is 13.1. The number of piperazine rings is 1. The summed E-state index contributed by atoms with van der Waals surface area (Å²) < 4.78 is 0. The Labute approximate surface area is 129 Å². The Morgan fingerprint density at radius 3 is 1.90 bits per heavy atom. The topological polar surface area (TPSA) is 49.4 Å². The van der Waals surface area contributed by atoms with E-state index in [0.29, 0.717) is 32.2 Å². The molecular weight excluding hydrogens is 264 g/mol. The van der Waals surface area contributed by atoms with Gasteiger partial charge in [-0.3, -0.25) is 9.59 Å². The van der Waals surface area contributed by atoms with Gasteiger partial charge >= 0.3 is 0 Å². The predicted molar refractivity (Wildman–Crippen MR) is 86.0 cm³/mol. The molecule has 122 valence electrons. The SMILES string of the molecule is CCCCCN1C(=O)C(CC)(CC)NC(=O)C1(CC)CC. The van der Waals surface area contributed by atoms with Crippen LogP contribution in [0.4, 0.5) is 0 Å². The molecule has 0 saturated carbocycles. The largest absolute Gasteiger partial charge is 0.340 e. The highest BCUT2D eigenvalue weighted by Gasteiger charge is 2.55. The van der Waals surface area contributed by atoms with Crippen LogP contribution in [0.25, 0.3) is 0 Å². The van der Waals surface area contributed by atoms with Gasteiger partial charge in [-0.15, -0.1) is 0 Å². The molecule has 1 N–H and O–H groups in total. The molecule has 4 nitrogen and oxygen atoms in total. The molecule has 21 heavy (non-hydrogen) atoms. The Kier molecular flexibility index (Phi) is 6.24. The fourth-order valence-corrected chi connectivity index (χ4v) is 3.48. The Morgan fingerprint density at radius 2 is 1.48 bits per heavy atom. The van der Waals surface area contributed by atoms with Crippen molar-refractivity contribution in [1.82, 2.24) is 10.2 Å². The number of hydrogen-bond acceptors (Lipinski definition) is 2. The van der Waals surface area contributed by atoms with Gasteiger partial charge in [-0.2, -0.15) is 0 Å². The van der Waals surface area contributed by atoms with E-state index in [-0.39, 0.29) is 11.8 Å². The van der Waals surface area contributed by atoms with E-state index < -0.39 is 11.1 Å². The standard InChI is InChI=1S/C17H32N2O2/c1-6-11-12-13-19-15(21)16(7-2,8-3)18-14(20)17(19,9-4)10-5/h6-13H2,1-5H3,(H,18,20). The number of rotatable bonds is 8. The highest BCUT2D eigenvalue weighted by atomic mass is 16.2. The highest BCUT2D eigenvalue weighted by molar-refractivity contribution is 6.02. The zero-order chi connectivity index (χ0) is 16.1. The molecule has 0 atom stereocenters. The van der Waals surface area contributed by atoms with Crippen molar-refractivity contribution in [3.05, 3.63) is 0 Å². The molecule has 0 aromatic heterocycles. The van der Waals surface area contributed by atoms with E-state index in [0.717, 1.165) is 19.3 Å². The summed E-state index contributed by atoms with van der Waals surface area (Å²) in [6.07, 6.45) is 5.85. The number of carbonyl (C=O) groups is 2. The zero-order valence-corrected chi connectivity index (χ0v) is 14.4. The molecule has 0 bridgehead atoms. The van der Waals surface area contributed by atoms with E-state index in [4.69, 9.17) is 0 Å². The van der Waals surface area contributed by atoms with E-state index in [1.807, 2.05) is 32.6 Å². The van der Waals surface area contributed by atoms with Crippen LogP contribution in [0.3, 0.4) is 0 Å². The minimum Gasteiger partial charge on any atom is -0.340 e. The fourth-order valence-electron chi connectivity index (χ4n) is 3.48. The van der Waals surface area contributed by atoms with Gasteiger partial charge in [0.1, 0.15) is 11.1 Å². The van der Waals surface area contributed by atoms with Crippen molar-refractivity contribution in [2.75, 3.05) is 6.54 Å². The van der Waals surface area contributed by atoms with E-state index in [1.54, 1.807) is 0 Å². The Morgan fingerprint density at radius 1 is 0.905 bits per heavy atom. The van der Waals surface area contributed by atoms with Crippen LogP contribution in [0.2, 0.25) is 0 Å². The molecule has 0 radical (unpaired) electrons. The van der Waals surface area contributed by atoms with E-state index >= 15 is 0 Å². The molecular formula is C17H32N2O2. The summed E-state index contributed by atoms with van der Waals surface area (Å²) >= 11 is 0. The summed E-state index contributed by atoms with van der Waals surface area (Å²) in [5, 5.41) is 3.06. The lowest BCUT2D eigenvalue weighted by Gasteiger charge is -2.52. The molecule has 2 amide bonds. The van der Waals surface area contributed by atoms with Gasteiger partial charge in [0.15, 0.2) is 0 Å². The summed E-state index contributed by atoms with van der Waals surface area (Å²) in [6, 6.07) is 0. The second kappa shape index (κ2) is 7.28. The number of nitrogens with zero attached hydrogens (tertiary/aromatic N) is 1. The first-order valence-corrected chi connectivity index (χ1v) is 8.62. The number of carbonyl (C=O) groups excluding carboxylic acids is 2. The van der Waals surface area contributed by atoms with Crippen molar-refractivity contribution < 1.29 is 9.59 Å². The first-order chi connectivity index (χ1) is 9.97. The van der Waals surface area contributed by atoms with Gasteiger partial charge in [0.2, 0.25) is 11.8 Å². The average Bonchev–Trinajstić information content (AvgIpc) is 2.51. The Balaban J connectivity index is 3.17. The van der Waals surface area contributed by atoms with Crippen molar-refractivity contribution >= 4 is 11.8 Å². The number of hydrogen-bond donors (Lipinski definition) is 1. The minimum absolute atomic E-state index is 0.0345. The van der Waals surface area contributed by atoms with Crippen LogP contribution in [-0.2, 0) is 9.59 Å². The third kappa shape index (κ3) is 2.95. The van der Waals surface area contributed by atoms with Crippen LogP contribution in [-0.4, -0.2) is 34.3 Å². The van der Waals surface area contributed by atoms with Crippen LogP contribution >= 0.6 is 0 Å². The van der Waals surface area contributed by atoms with Crippen LogP contribution in [0.15, 0.2) is 0 Å². The Hall–Kier alpha value is -1.06. The second-order valence-corrected chi connectivity index (χ2v) is 6.15. The van der Waals surface area contributed by atoms with Gasteiger partial charge in [-0.25, -0.2) is 0 Å². The molecule has 4 heteroatoms. The van der Waals surface area contributed by atoms with Crippen molar-refractivity contribution in [3.8, 4) is 0 Å². The van der Waals surface area contributed by atoms with Gasteiger partial charge in [0.05, 0.1) is 0 Å². The number of amides is 2. The van der Waals surface area contributed by atoms with Gasteiger partial charge in [0, 0.05) is 6.54 Å². The van der Waals surface area contributed by atoms with E-state index in [2.05, 4.69) is 12.2 Å². The van der Waals surface area contributed by atoms with Crippen LogP contribution in [0.1, 0.15) is 79.6 Å². The van der Waals surface area contributed by atoms with Crippen molar-refractivity contribution in [3.63, 3.8) is 0 Å². The van der Waals surface area contributed by atoms with Gasteiger partial charge < -0.3 is 10.2 Å². The summed E-state index contributed by atoms with van der Waals surface area (Å²) in [5.74, 6) is 0.152. The molecule has 1 rings (SSSR count). The lowest BCUT2D eigenvalue weighted by Crippen LogP contribution is -2.75. The van der Waals surface area contributed by atoms with Crippen LogP contribution in [0.5, 0.6) is 0 Å². The normalized spacial score (nSPS) is 20.5. The smallest absolute Gasteiger partial charge is 0.249 e. The molecule has 0 spiro atoms. The van der Waals surface area contributed by atoms with Gasteiger partial charge in [-0.1, -0.05) is 47.5 Å². The third-order valence-corrected chi connectivity index (χ3v) is 5.31. The number of unbranched alkanes of at least 4 members (excludes halogenated alkanes) is 2. The summed E-state index contributed by atoms with van der Waals surface area (Å²) in [4.78, 5) is 27.8. The molecule has 0 aromatic carbocycles. The van der Waals surface area contributed by atoms with Gasteiger partial charge in [0.25, 0.3) is 0 Å². The minimum atomic E-state index is -0.697. The van der Waals surface area contributed by atoms with Crippen LogP contribution in [0, 0.1) is 0 Å². The van der Waals surface area contributed by atoms with E-state index in [1.165, 1.54) is 0 Å². The third-order valence-electron chi connectivity index (χ3n) is 5.31. The fraction of sp³-hybridized carbons (Fsp3) is 0.882. The number of nitrogens with one attached hydrogen (secondary N) is 1. The molecule has 1 heterocycles. The lowest BCUT2D eigenvalue weighted by molar-refractivity contribution is -0.164. The Bertz CT molecular complexity index is 371. The second-order valence-electron chi connectivity index (χ2n) is 6.15. The van der Waals surface area contributed by atoms with Crippen molar-refractivity contribution in [2.24, 2.45) is 0 Å². The highest BCUT2D eigenvalue weighted by Crippen LogP contribution is 2.35. The van der Waals surface area contributed by atoms with Crippen molar-refractivity contribution in [1.29, 1.82) is 0 Å². The molecule has 1 fully saturated rings. The molecule has 0 unspecified atom stereocenters. The lowest BCUT2D eigenvalue weighted by atomic mass is 9.79. The molecule has 0 aliphatic carbocycles. The first-order valence-electron chi connectivity index (χ1n) is 8.62. The first kappa shape index (κ1) is 18.0. The maximum atomic E-state index is 13.1. The molecule has 1 aliphatic heterocycles. The zero-order valence-electron chi connectivity index (χ0n) is 14.4. The summed E-state index contributed by atoms with van der Waals surface area (Å²) in [5.41, 5.74) is -1.35. The molecule has 1 aliphatic rings. The summed E-state index contributed by atoms with van der Waals surface area (Å²) in [6.45, 7) is 10.8. The quantitative estimate of drug-likeness (QED) is 0.699. The maximum Gasteiger partial charge on any atom is 0.249 e. The summed E-state index contributed by atoms with van der Waals surface area (Å²) in [7, 11) is 0. The predicted octanol–water partition coefficient (Wildman–Crippen LogP) is 3.25. The van der Waals surface area contributed by atoms with E-state index in [9.17, 15) is 9.59 Å². The monoisotopic (exact) mass is 296 g/mol. The van der Waals surface area contributed by atoms with Crippen LogP contribution < -0.4 is 5.32 Å². The van der Waals surface area contributed by atoms with Gasteiger partial charge in [-0.05, 0) is 32.1 Å². The average molecular weight is 296 g/mol. The molecule has 1 saturated heterocycles. The molecule has 0 aromatic rings. The van der Waals surface area contributed by atoms with Crippen molar-refractivity contribution in [2.45, 2.75) is 90.6 Å².